The van der Waals surface area contributed by atoms with Gasteiger partial charge >= 0.3 is 5.97 Å². The van der Waals surface area contributed by atoms with Crippen LogP contribution in [0.5, 0.6) is 0 Å². The maximum absolute atomic E-state index is 12.3. The second-order valence-corrected chi connectivity index (χ2v) is 11.9. The third kappa shape index (κ3) is 4.30. The van der Waals surface area contributed by atoms with Crippen LogP contribution < -0.4 is 0 Å². The number of hydrogen-bond acceptors (Lipinski definition) is 3. The van der Waals surface area contributed by atoms with E-state index in [1.54, 1.807) is 0 Å². The molecule has 0 bridgehead atoms. The number of esters is 1. The molecule has 0 spiro atoms. The van der Waals surface area contributed by atoms with Gasteiger partial charge in [0.25, 0.3) is 0 Å². The highest BCUT2D eigenvalue weighted by Gasteiger charge is 2.42. The smallest absolute Gasteiger partial charge is 0.313 e. The van der Waals surface area contributed by atoms with Crippen LogP contribution in [0.2, 0.25) is 18.1 Å². The Morgan fingerprint density at radius 2 is 1.65 bits per heavy atom. The summed E-state index contributed by atoms with van der Waals surface area (Å²) in [6.45, 7) is 10.4. The molecule has 0 radical (unpaired) electrons. The van der Waals surface area contributed by atoms with Crippen LogP contribution >= 0.6 is 0 Å². The molecule has 3 nitrogen and oxygen atoms in total. The molecule has 0 unspecified atom stereocenters. The van der Waals surface area contributed by atoms with Gasteiger partial charge in [-0.1, -0.05) is 64.2 Å². The van der Waals surface area contributed by atoms with Crippen LogP contribution in [-0.4, -0.2) is 19.4 Å². The zero-order valence-corrected chi connectivity index (χ0v) is 14.0. The highest BCUT2D eigenvalue weighted by atomic mass is 28.3. The van der Waals surface area contributed by atoms with Crippen LogP contribution in [0.1, 0.15) is 32.8 Å². The third-order valence-corrected chi connectivity index (χ3v) is 9.44. The van der Waals surface area contributed by atoms with Crippen molar-refractivity contribution >= 4 is 19.4 Å². The molecule has 1 aromatic rings. The van der Waals surface area contributed by atoms with E-state index in [9.17, 15) is 9.59 Å². The molecule has 110 valence electrons. The zero-order valence-electron chi connectivity index (χ0n) is 13.0. The zero-order chi connectivity index (χ0) is 15.4. The van der Waals surface area contributed by atoms with E-state index in [0.717, 1.165) is 5.56 Å². The first-order valence-corrected chi connectivity index (χ1v) is 9.87. The Labute approximate surface area is 122 Å². The minimum atomic E-state index is -2.12. The first kappa shape index (κ1) is 16.6. The average molecular weight is 292 g/mol. The van der Waals surface area contributed by atoms with Crippen LogP contribution in [0.3, 0.4) is 0 Å². The van der Waals surface area contributed by atoms with Crippen LogP contribution in [0.25, 0.3) is 0 Å². The summed E-state index contributed by atoms with van der Waals surface area (Å²) in [5.74, 6) is -0.427. The standard InChI is InChI=1S/C16H24O3Si/c1-16(2,3)20(4,5)15(18)11-14(17)19-12-13-9-7-6-8-10-13/h6-10H,11-12H2,1-5H3. The normalized spacial score (nSPS) is 12.1. The third-order valence-electron chi connectivity index (χ3n) is 4.12. The van der Waals surface area contributed by atoms with Crippen molar-refractivity contribution in [3.05, 3.63) is 35.9 Å². The highest BCUT2D eigenvalue weighted by Crippen LogP contribution is 2.37. The lowest BCUT2D eigenvalue weighted by molar-refractivity contribution is -0.146. The predicted molar refractivity (Wildman–Crippen MR) is 83.1 cm³/mol. The van der Waals surface area contributed by atoms with Gasteiger partial charge in [-0.25, -0.2) is 0 Å². The lowest BCUT2D eigenvalue weighted by Crippen LogP contribution is -2.47. The second kappa shape index (κ2) is 6.35. The van der Waals surface area contributed by atoms with E-state index in [4.69, 9.17) is 4.74 Å². The van der Waals surface area contributed by atoms with Crippen molar-refractivity contribution in [3.8, 4) is 0 Å². The number of carbonyl (C=O) groups excluding carboxylic acids is 2. The molecule has 0 N–H and O–H groups in total. The van der Waals surface area contributed by atoms with Crippen LogP contribution in [0.15, 0.2) is 30.3 Å². The van der Waals surface area contributed by atoms with E-state index in [2.05, 4.69) is 20.8 Å². The van der Waals surface area contributed by atoms with E-state index >= 15 is 0 Å². The topological polar surface area (TPSA) is 43.4 Å². The van der Waals surface area contributed by atoms with Gasteiger partial charge in [-0.3, -0.25) is 4.79 Å². The van der Waals surface area contributed by atoms with Gasteiger partial charge in [0.1, 0.15) is 20.1 Å². The van der Waals surface area contributed by atoms with Crippen molar-refractivity contribution in [2.24, 2.45) is 0 Å². The second-order valence-electron chi connectivity index (χ2n) is 6.62. The molecular weight excluding hydrogens is 268 g/mol. The molecule has 0 aromatic heterocycles. The molecule has 0 aliphatic carbocycles. The molecule has 1 aromatic carbocycles. The summed E-state index contributed by atoms with van der Waals surface area (Å²) in [5, 5.41) is 0.00660. The quantitative estimate of drug-likeness (QED) is 0.472. The summed E-state index contributed by atoms with van der Waals surface area (Å²) in [7, 11) is -2.12. The SMILES string of the molecule is CC(C)(C)[Si](C)(C)C(=O)CC(=O)OCc1ccccc1. The molecule has 0 aliphatic rings. The van der Waals surface area contributed by atoms with Crippen molar-refractivity contribution in [1.29, 1.82) is 0 Å². The number of carbonyl (C=O) groups is 2. The van der Waals surface area contributed by atoms with Gasteiger partial charge in [0.15, 0.2) is 0 Å². The maximum Gasteiger partial charge on any atom is 0.313 e. The molecule has 0 amide bonds. The minimum absolute atomic E-state index is 0.0518. The Hall–Kier alpha value is -1.42. The van der Waals surface area contributed by atoms with E-state index in [1.807, 2.05) is 43.4 Å². The van der Waals surface area contributed by atoms with Gasteiger partial charge in [-0.15, -0.1) is 0 Å². The van der Waals surface area contributed by atoms with E-state index in [1.165, 1.54) is 0 Å². The Morgan fingerprint density at radius 3 is 2.15 bits per heavy atom. The summed E-state index contributed by atoms with van der Waals surface area (Å²) < 4.78 is 5.17. The van der Waals surface area contributed by atoms with Crippen molar-refractivity contribution in [2.45, 2.75) is 51.9 Å². The average Bonchev–Trinajstić information content (AvgIpc) is 2.36. The molecule has 1 rings (SSSR count). The first-order valence-electron chi connectivity index (χ1n) is 6.87. The summed E-state index contributed by atoms with van der Waals surface area (Å²) in [5.41, 5.74) is 0.931. The molecule has 0 fully saturated rings. The Morgan fingerprint density at radius 1 is 1.10 bits per heavy atom. The molecule has 0 saturated heterocycles. The largest absolute Gasteiger partial charge is 0.460 e. The fourth-order valence-electron chi connectivity index (χ4n) is 1.56. The minimum Gasteiger partial charge on any atom is -0.460 e. The number of rotatable bonds is 5. The first-order chi connectivity index (χ1) is 9.14. The van der Waals surface area contributed by atoms with Crippen molar-refractivity contribution in [2.75, 3.05) is 0 Å². The Bertz CT molecular complexity index is 472. The van der Waals surface area contributed by atoms with Crippen molar-refractivity contribution in [3.63, 3.8) is 0 Å². The van der Waals surface area contributed by atoms with Crippen LogP contribution in [0.4, 0.5) is 0 Å². The highest BCUT2D eigenvalue weighted by molar-refractivity contribution is 7.06. The monoisotopic (exact) mass is 292 g/mol. The van der Waals surface area contributed by atoms with Gasteiger partial charge < -0.3 is 9.53 Å². The van der Waals surface area contributed by atoms with Crippen LogP contribution in [0, 0.1) is 0 Å². The molecular formula is C16H24O3Si. The lowest BCUT2D eigenvalue weighted by Gasteiger charge is -2.34. The van der Waals surface area contributed by atoms with E-state index in [0.29, 0.717) is 0 Å². The van der Waals surface area contributed by atoms with Gasteiger partial charge in [0.05, 0.1) is 6.42 Å². The molecule has 0 saturated carbocycles. The fourth-order valence-corrected chi connectivity index (χ4v) is 2.98. The van der Waals surface area contributed by atoms with Gasteiger partial charge in [0.2, 0.25) is 0 Å². The number of benzene rings is 1. The van der Waals surface area contributed by atoms with Crippen molar-refractivity contribution < 1.29 is 14.3 Å². The summed E-state index contributed by atoms with van der Waals surface area (Å²) in [4.78, 5) is 24.1. The molecule has 0 aliphatic heterocycles. The van der Waals surface area contributed by atoms with E-state index in [-0.39, 0.29) is 23.5 Å². The maximum atomic E-state index is 12.3. The Balaban J connectivity index is 2.53. The fraction of sp³-hybridized carbons (Fsp3) is 0.500. The van der Waals surface area contributed by atoms with Crippen molar-refractivity contribution in [1.82, 2.24) is 0 Å². The summed E-state index contributed by atoms with van der Waals surface area (Å²) >= 11 is 0. The van der Waals surface area contributed by atoms with E-state index < -0.39 is 14.0 Å². The molecule has 4 heteroatoms. The summed E-state index contributed by atoms with van der Waals surface area (Å²) in [6, 6.07) is 9.48. The number of ether oxygens (including phenoxy) is 1. The van der Waals surface area contributed by atoms with Gasteiger partial charge in [0, 0.05) is 0 Å². The van der Waals surface area contributed by atoms with Crippen LogP contribution in [-0.2, 0) is 20.9 Å². The number of hydrogen-bond donors (Lipinski definition) is 0. The molecule has 20 heavy (non-hydrogen) atoms. The van der Waals surface area contributed by atoms with Gasteiger partial charge in [-0.05, 0) is 10.6 Å². The molecule has 0 heterocycles. The van der Waals surface area contributed by atoms with Gasteiger partial charge in [-0.2, -0.15) is 0 Å². The lowest BCUT2D eigenvalue weighted by atomic mass is 10.2. The summed E-state index contributed by atoms with van der Waals surface area (Å²) in [6.07, 6.45) is -0.108. The molecule has 0 atom stereocenters. The Kier molecular flexibility index (Phi) is 5.28. The predicted octanol–water partition coefficient (Wildman–Crippen LogP) is 3.74.